The molecule has 6 heteroatoms. The first kappa shape index (κ1) is 12.3. The van der Waals surface area contributed by atoms with Gasteiger partial charge >= 0.3 is 0 Å². The summed E-state index contributed by atoms with van der Waals surface area (Å²) >= 11 is 13.5. The molecule has 0 N–H and O–H groups in total. The molecule has 2 heterocycles. The second kappa shape index (κ2) is 4.75. The molecular weight excluding hydrogens is 434 g/mol. The summed E-state index contributed by atoms with van der Waals surface area (Å²) in [6.07, 6.45) is 2.44. The van der Waals surface area contributed by atoms with E-state index in [-0.39, 0.29) is 0 Å². The first-order valence-corrected chi connectivity index (χ1v) is 8.25. The van der Waals surface area contributed by atoms with Gasteiger partial charge in [0.15, 0.2) is 5.82 Å². The summed E-state index contributed by atoms with van der Waals surface area (Å²) in [5.74, 6) is 1.33. The number of halogens is 3. The van der Waals surface area contributed by atoms with Crippen LogP contribution in [-0.4, -0.2) is 9.97 Å². The fourth-order valence-electron chi connectivity index (χ4n) is 1.60. The molecule has 0 atom stereocenters. The molecule has 0 bridgehead atoms. The average Bonchev–Trinajstić information content (AvgIpc) is 3.05. The first-order valence-electron chi connectivity index (χ1n) is 5.12. The minimum absolute atomic E-state index is 0.571. The molecule has 0 radical (unpaired) electrons. The van der Waals surface area contributed by atoms with E-state index in [1.165, 1.54) is 12.8 Å². The van der Waals surface area contributed by atoms with Gasteiger partial charge in [-0.1, -0.05) is 11.6 Å². The molecule has 0 spiro atoms. The minimum atomic E-state index is 0.571. The SMILES string of the molecule is Clc1nc(-c2cc(Br)cs2)nc(C2CC2)c1I. The Morgan fingerprint density at radius 2 is 2.18 bits per heavy atom. The van der Waals surface area contributed by atoms with Gasteiger partial charge in [0.25, 0.3) is 0 Å². The summed E-state index contributed by atoms with van der Waals surface area (Å²) in [5.41, 5.74) is 1.12. The van der Waals surface area contributed by atoms with Crippen molar-refractivity contribution in [2.45, 2.75) is 18.8 Å². The van der Waals surface area contributed by atoms with Crippen LogP contribution in [0.4, 0.5) is 0 Å². The predicted octanol–water partition coefficient (Wildman–Crippen LogP) is 5.10. The molecule has 1 fully saturated rings. The smallest absolute Gasteiger partial charge is 0.171 e. The molecule has 17 heavy (non-hydrogen) atoms. The van der Waals surface area contributed by atoms with Gasteiger partial charge in [0.2, 0.25) is 0 Å². The van der Waals surface area contributed by atoms with Crippen LogP contribution in [0.3, 0.4) is 0 Å². The Kier molecular flexibility index (Phi) is 3.44. The highest BCUT2D eigenvalue weighted by atomic mass is 127. The lowest BCUT2D eigenvalue weighted by atomic mass is 10.3. The molecule has 1 aliphatic rings. The van der Waals surface area contributed by atoms with E-state index in [0.29, 0.717) is 11.1 Å². The molecule has 1 aliphatic carbocycles. The van der Waals surface area contributed by atoms with Crippen LogP contribution in [0.25, 0.3) is 10.7 Å². The van der Waals surface area contributed by atoms with Gasteiger partial charge in [-0.2, -0.15) is 0 Å². The van der Waals surface area contributed by atoms with Crippen molar-refractivity contribution in [2.75, 3.05) is 0 Å². The first-order chi connectivity index (χ1) is 8.15. The maximum Gasteiger partial charge on any atom is 0.171 e. The van der Waals surface area contributed by atoms with Gasteiger partial charge in [-0.05, 0) is 57.4 Å². The summed E-state index contributed by atoms with van der Waals surface area (Å²) < 4.78 is 2.06. The maximum absolute atomic E-state index is 6.18. The van der Waals surface area contributed by atoms with Crippen LogP contribution in [0.1, 0.15) is 24.5 Å². The number of aromatic nitrogens is 2. The summed E-state index contributed by atoms with van der Waals surface area (Å²) in [6, 6.07) is 2.03. The molecule has 2 aromatic rings. The van der Waals surface area contributed by atoms with Gasteiger partial charge in [-0.3, -0.25) is 0 Å². The third-order valence-electron chi connectivity index (χ3n) is 2.59. The second-order valence-electron chi connectivity index (χ2n) is 3.94. The van der Waals surface area contributed by atoms with Crippen LogP contribution in [0.5, 0.6) is 0 Å². The molecule has 0 aliphatic heterocycles. The molecule has 2 nitrogen and oxygen atoms in total. The average molecular weight is 442 g/mol. The molecule has 0 amide bonds. The van der Waals surface area contributed by atoms with Crippen LogP contribution < -0.4 is 0 Å². The van der Waals surface area contributed by atoms with E-state index in [4.69, 9.17) is 11.6 Å². The van der Waals surface area contributed by atoms with Crippen LogP contribution in [-0.2, 0) is 0 Å². The van der Waals surface area contributed by atoms with Crippen molar-refractivity contribution in [1.82, 2.24) is 9.97 Å². The van der Waals surface area contributed by atoms with Crippen molar-refractivity contribution in [1.29, 1.82) is 0 Å². The molecule has 0 saturated heterocycles. The lowest BCUT2D eigenvalue weighted by Crippen LogP contribution is -1.98. The lowest BCUT2D eigenvalue weighted by Gasteiger charge is -2.05. The lowest BCUT2D eigenvalue weighted by molar-refractivity contribution is 0.980. The van der Waals surface area contributed by atoms with Crippen molar-refractivity contribution in [2.24, 2.45) is 0 Å². The number of rotatable bonds is 2. The molecular formula is C11H7BrClIN2S. The van der Waals surface area contributed by atoms with E-state index < -0.39 is 0 Å². The molecule has 2 aromatic heterocycles. The van der Waals surface area contributed by atoms with E-state index >= 15 is 0 Å². The summed E-state index contributed by atoms with van der Waals surface area (Å²) in [6.45, 7) is 0. The van der Waals surface area contributed by atoms with Gasteiger partial charge in [-0.15, -0.1) is 11.3 Å². The van der Waals surface area contributed by atoms with Gasteiger partial charge < -0.3 is 0 Å². The largest absolute Gasteiger partial charge is 0.231 e. The third-order valence-corrected chi connectivity index (χ3v) is 5.93. The fraction of sp³-hybridized carbons (Fsp3) is 0.273. The van der Waals surface area contributed by atoms with Crippen LogP contribution >= 0.6 is 61.5 Å². The van der Waals surface area contributed by atoms with E-state index in [0.717, 1.165) is 24.4 Å². The number of hydrogen-bond acceptors (Lipinski definition) is 3. The minimum Gasteiger partial charge on any atom is -0.231 e. The predicted molar refractivity (Wildman–Crippen MR) is 82.7 cm³/mol. The zero-order valence-corrected chi connectivity index (χ0v) is 13.9. The zero-order valence-electron chi connectivity index (χ0n) is 8.58. The van der Waals surface area contributed by atoms with Crippen molar-refractivity contribution < 1.29 is 0 Å². The van der Waals surface area contributed by atoms with Gasteiger partial charge in [0.05, 0.1) is 14.1 Å². The third kappa shape index (κ3) is 2.52. The van der Waals surface area contributed by atoms with Crippen molar-refractivity contribution in [3.05, 3.63) is 30.3 Å². The van der Waals surface area contributed by atoms with E-state index in [1.807, 2.05) is 11.4 Å². The highest BCUT2D eigenvalue weighted by Crippen LogP contribution is 2.43. The van der Waals surface area contributed by atoms with Crippen molar-refractivity contribution in [3.63, 3.8) is 0 Å². The fourth-order valence-corrected chi connectivity index (χ4v) is 3.82. The van der Waals surface area contributed by atoms with Crippen LogP contribution in [0, 0.1) is 3.57 Å². The maximum atomic E-state index is 6.18. The zero-order chi connectivity index (χ0) is 12.0. The van der Waals surface area contributed by atoms with Crippen molar-refractivity contribution in [3.8, 4) is 10.7 Å². The monoisotopic (exact) mass is 440 g/mol. The molecule has 0 unspecified atom stereocenters. The van der Waals surface area contributed by atoms with Crippen LogP contribution in [0.2, 0.25) is 5.15 Å². The van der Waals surface area contributed by atoms with Crippen molar-refractivity contribution >= 4 is 61.5 Å². The summed E-state index contributed by atoms with van der Waals surface area (Å²) in [5, 5.41) is 2.60. The topological polar surface area (TPSA) is 25.8 Å². The Labute approximate surface area is 130 Å². The Bertz CT molecular complexity index is 583. The number of hydrogen-bond donors (Lipinski definition) is 0. The Hall–Kier alpha value is 0.280. The Morgan fingerprint density at radius 1 is 1.41 bits per heavy atom. The quantitative estimate of drug-likeness (QED) is 0.479. The molecule has 1 saturated carbocycles. The normalized spacial score (nSPS) is 15.2. The standard InChI is InChI=1S/C11H7BrClIN2S/c12-6-3-7(17-4-6)11-15-9(5-1-2-5)8(14)10(13)16-11/h3-5H,1-2H2. The highest BCUT2D eigenvalue weighted by molar-refractivity contribution is 14.1. The number of thiophene rings is 1. The second-order valence-corrected chi connectivity index (χ2v) is 7.20. The van der Waals surface area contributed by atoms with E-state index in [9.17, 15) is 0 Å². The molecule has 3 rings (SSSR count). The Balaban J connectivity index is 2.11. The Morgan fingerprint density at radius 3 is 2.76 bits per heavy atom. The van der Waals surface area contributed by atoms with Crippen LogP contribution in [0.15, 0.2) is 15.9 Å². The summed E-state index contributed by atoms with van der Waals surface area (Å²) in [7, 11) is 0. The van der Waals surface area contributed by atoms with E-state index in [2.05, 4.69) is 48.5 Å². The summed E-state index contributed by atoms with van der Waals surface area (Å²) in [4.78, 5) is 10.1. The van der Waals surface area contributed by atoms with Gasteiger partial charge in [0.1, 0.15) is 5.15 Å². The highest BCUT2D eigenvalue weighted by Gasteiger charge is 2.29. The molecule has 88 valence electrons. The van der Waals surface area contributed by atoms with Gasteiger partial charge in [-0.25, -0.2) is 9.97 Å². The van der Waals surface area contributed by atoms with E-state index in [1.54, 1.807) is 11.3 Å². The van der Waals surface area contributed by atoms with Gasteiger partial charge in [0, 0.05) is 15.8 Å². The molecule has 0 aromatic carbocycles. The number of nitrogens with zero attached hydrogens (tertiary/aromatic N) is 2.